The minimum Gasteiger partial charge on any atom is -0.359 e. The van der Waals surface area contributed by atoms with Crippen LogP contribution in [0.15, 0.2) is 0 Å². The second-order valence-electron chi connectivity index (χ2n) is 2.50. The lowest BCUT2D eigenvalue weighted by Gasteiger charge is -2.19. The summed E-state index contributed by atoms with van der Waals surface area (Å²) < 4.78 is 0. The Morgan fingerprint density at radius 1 is 1.50 bits per heavy atom. The van der Waals surface area contributed by atoms with Gasteiger partial charge in [0.2, 0.25) is 5.91 Å². The highest BCUT2D eigenvalue weighted by atomic mass is 32.2. The number of hydrogen-bond acceptors (Lipinski definition) is 2. The van der Waals surface area contributed by atoms with Gasteiger partial charge in [0.05, 0.1) is 0 Å². The Hall–Kier alpha value is -0.180. The zero-order chi connectivity index (χ0) is 7.40. The summed E-state index contributed by atoms with van der Waals surface area (Å²) in [4.78, 5) is 11.0. The fourth-order valence-electron chi connectivity index (χ4n) is 1.16. The molecule has 0 aliphatic carbocycles. The van der Waals surface area contributed by atoms with E-state index in [1.807, 2.05) is 11.8 Å². The molecular weight excluding hydrogens is 146 g/mol. The van der Waals surface area contributed by atoms with Crippen LogP contribution in [0.5, 0.6) is 0 Å². The summed E-state index contributed by atoms with van der Waals surface area (Å²) in [6, 6.07) is 0. The molecule has 0 radical (unpaired) electrons. The quantitative estimate of drug-likeness (QED) is 0.615. The highest BCUT2D eigenvalue weighted by Gasteiger charge is 2.19. The van der Waals surface area contributed by atoms with Gasteiger partial charge in [-0.3, -0.25) is 4.79 Å². The summed E-state index contributed by atoms with van der Waals surface area (Å²) in [5.74, 6) is 2.82. The molecule has 0 aromatic heterocycles. The Kier molecular flexibility index (Phi) is 3.06. The van der Waals surface area contributed by atoms with Crippen LogP contribution in [0.3, 0.4) is 0 Å². The van der Waals surface area contributed by atoms with Crippen LogP contribution < -0.4 is 5.32 Å². The Morgan fingerprint density at radius 2 is 2.10 bits per heavy atom. The number of hydrogen-bond donors (Lipinski definition) is 1. The molecule has 1 aliphatic heterocycles. The molecule has 3 heteroatoms. The minimum absolute atomic E-state index is 0.223. The Balaban J connectivity index is 2.31. The highest BCUT2D eigenvalue weighted by Crippen LogP contribution is 2.22. The standard InChI is InChI=1S/C7H13NOS/c1-8-7(9)6-2-4-10-5-3-6/h6H,2-5H2,1H3,(H,8,9). The molecule has 1 saturated heterocycles. The fourth-order valence-corrected chi connectivity index (χ4v) is 2.27. The molecule has 0 aromatic rings. The molecule has 0 atom stereocenters. The molecule has 10 heavy (non-hydrogen) atoms. The predicted molar refractivity (Wildman–Crippen MR) is 44.1 cm³/mol. The minimum atomic E-state index is 0.223. The fraction of sp³-hybridized carbons (Fsp3) is 0.857. The lowest BCUT2D eigenvalue weighted by Crippen LogP contribution is -2.29. The van der Waals surface area contributed by atoms with Crippen molar-refractivity contribution in [1.29, 1.82) is 0 Å². The van der Waals surface area contributed by atoms with Gasteiger partial charge in [0.25, 0.3) is 0 Å². The molecular formula is C7H13NOS. The Morgan fingerprint density at radius 3 is 2.60 bits per heavy atom. The third kappa shape index (κ3) is 1.90. The Labute approximate surface area is 65.8 Å². The van der Waals surface area contributed by atoms with E-state index in [9.17, 15) is 4.79 Å². The molecule has 1 aliphatic rings. The summed E-state index contributed by atoms with van der Waals surface area (Å²) >= 11 is 1.95. The topological polar surface area (TPSA) is 29.1 Å². The van der Waals surface area contributed by atoms with Gasteiger partial charge in [-0.1, -0.05) is 0 Å². The molecule has 0 aromatic carbocycles. The van der Waals surface area contributed by atoms with Crippen molar-refractivity contribution in [2.45, 2.75) is 12.8 Å². The van der Waals surface area contributed by atoms with Crippen molar-refractivity contribution in [2.24, 2.45) is 5.92 Å². The van der Waals surface area contributed by atoms with Crippen molar-refractivity contribution in [2.75, 3.05) is 18.6 Å². The van der Waals surface area contributed by atoms with Crippen LogP contribution in [0.4, 0.5) is 0 Å². The number of nitrogens with one attached hydrogen (secondary N) is 1. The van der Waals surface area contributed by atoms with Crippen molar-refractivity contribution < 1.29 is 4.79 Å². The Bertz CT molecular complexity index is 121. The van der Waals surface area contributed by atoms with Crippen LogP contribution in [0, 0.1) is 5.92 Å². The van der Waals surface area contributed by atoms with Gasteiger partial charge >= 0.3 is 0 Å². The highest BCUT2D eigenvalue weighted by molar-refractivity contribution is 7.99. The smallest absolute Gasteiger partial charge is 0.222 e. The van der Waals surface area contributed by atoms with Crippen LogP contribution >= 0.6 is 11.8 Å². The molecule has 1 N–H and O–H groups in total. The molecule has 0 bridgehead atoms. The number of amides is 1. The second kappa shape index (κ2) is 3.86. The van der Waals surface area contributed by atoms with Crippen LogP contribution in [0.25, 0.3) is 0 Å². The number of rotatable bonds is 1. The molecule has 1 heterocycles. The van der Waals surface area contributed by atoms with Crippen molar-refractivity contribution in [1.82, 2.24) is 5.32 Å². The molecule has 0 unspecified atom stereocenters. The molecule has 0 spiro atoms. The van der Waals surface area contributed by atoms with E-state index in [0.717, 1.165) is 24.3 Å². The van der Waals surface area contributed by atoms with E-state index >= 15 is 0 Å². The van der Waals surface area contributed by atoms with Crippen LogP contribution in [-0.2, 0) is 4.79 Å². The summed E-state index contributed by atoms with van der Waals surface area (Å²) in [5.41, 5.74) is 0. The number of carbonyl (C=O) groups excluding carboxylic acids is 1. The van der Waals surface area contributed by atoms with E-state index in [4.69, 9.17) is 0 Å². The monoisotopic (exact) mass is 159 g/mol. The molecule has 1 rings (SSSR count). The normalized spacial score (nSPS) is 20.5. The maximum Gasteiger partial charge on any atom is 0.222 e. The van der Waals surface area contributed by atoms with Gasteiger partial charge in [0.1, 0.15) is 0 Å². The van der Waals surface area contributed by atoms with E-state index in [1.165, 1.54) is 0 Å². The SMILES string of the molecule is CNC(=O)C1CCSCC1. The zero-order valence-corrected chi connectivity index (χ0v) is 7.04. The van der Waals surface area contributed by atoms with Crippen LogP contribution in [0.1, 0.15) is 12.8 Å². The zero-order valence-electron chi connectivity index (χ0n) is 6.22. The van der Waals surface area contributed by atoms with Gasteiger partial charge in [0.15, 0.2) is 0 Å². The summed E-state index contributed by atoms with van der Waals surface area (Å²) in [6.45, 7) is 0. The van der Waals surface area contributed by atoms with Crippen LogP contribution in [-0.4, -0.2) is 24.5 Å². The van der Waals surface area contributed by atoms with Gasteiger partial charge in [-0.05, 0) is 24.3 Å². The third-order valence-corrected chi connectivity index (χ3v) is 2.89. The van der Waals surface area contributed by atoms with Gasteiger partial charge in [-0.25, -0.2) is 0 Å². The first-order valence-electron chi connectivity index (χ1n) is 3.64. The predicted octanol–water partition coefficient (Wildman–Crippen LogP) is 0.876. The van der Waals surface area contributed by atoms with E-state index in [0.29, 0.717) is 5.92 Å². The van der Waals surface area contributed by atoms with Gasteiger partial charge in [0, 0.05) is 13.0 Å². The van der Waals surface area contributed by atoms with Crippen molar-refractivity contribution in [3.63, 3.8) is 0 Å². The van der Waals surface area contributed by atoms with Gasteiger partial charge < -0.3 is 5.32 Å². The largest absolute Gasteiger partial charge is 0.359 e. The summed E-state index contributed by atoms with van der Waals surface area (Å²) in [6.07, 6.45) is 2.12. The maximum atomic E-state index is 11.0. The molecule has 0 saturated carbocycles. The van der Waals surface area contributed by atoms with Crippen molar-refractivity contribution >= 4 is 17.7 Å². The maximum absolute atomic E-state index is 11.0. The van der Waals surface area contributed by atoms with Crippen molar-refractivity contribution in [3.05, 3.63) is 0 Å². The number of carbonyl (C=O) groups is 1. The van der Waals surface area contributed by atoms with E-state index in [2.05, 4.69) is 5.32 Å². The lowest BCUT2D eigenvalue weighted by molar-refractivity contribution is -0.124. The first kappa shape index (κ1) is 7.92. The number of thioether (sulfide) groups is 1. The first-order chi connectivity index (χ1) is 4.84. The molecule has 1 amide bonds. The molecule has 1 fully saturated rings. The van der Waals surface area contributed by atoms with E-state index < -0.39 is 0 Å². The molecule has 58 valence electrons. The van der Waals surface area contributed by atoms with Gasteiger partial charge in [-0.15, -0.1) is 0 Å². The second-order valence-corrected chi connectivity index (χ2v) is 3.73. The summed E-state index contributed by atoms with van der Waals surface area (Å²) in [5, 5.41) is 2.69. The van der Waals surface area contributed by atoms with E-state index in [1.54, 1.807) is 7.05 Å². The molecule has 2 nitrogen and oxygen atoms in total. The van der Waals surface area contributed by atoms with Crippen molar-refractivity contribution in [3.8, 4) is 0 Å². The van der Waals surface area contributed by atoms with E-state index in [-0.39, 0.29) is 5.91 Å². The average molecular weight is 159 g/mol. The van der Waals surface area contributed by atoms with Gasteiger partial charge in [-0.2, -0.15) is 11.8 Å². The average Bonchev–Trinajstić information content (AvgIpc) is 2.05. The first-order valence-corrected chi connectivity index (χ1v) is 4.79. The summed E-state index contributed by atoms with van der Waals surface area (Å²) in [7, 11) is 1.71. The lowest BCUT2D eigenvalue weighted by atomic mass is 10.0. The third-order valence-electron chi connectivity index (χ3n) is 1.84. The van der Waals surface area contributed by atoms with Crippen LogP contribution in [0.2, 0.25) is 0 Å².